The maximum Gasteiger partial charge on any atom is 0.382 e. The molecular formula is C25H16O2. The minimum Gasteiger partial charge on any atom is -0.472 e. The first kappa shape index (κ1) is 19.1. The lowest BCUT2D eigenvalue weighted by Gasteiger charge is -1.84. The van der Waals surface area contributed by atoms with Crippen molar-refractivity contribution in [1.29, 1.82) is 0 Å². The van der Waals surface area contributed by atoms with E-state index in [9.17, 15) is 4.79 Å². The number of carboxylic acid groups (broad SMARTS) is 1. The molecule has 0 radical (unpaired) electrons. The zero-order chi connectivity index (χ0) is 19.2. The summed E-state index contributed by atoms with van der Waals surface area (Å²) in [5.41, 5.74) is 2.70. The Labute approximate surface area is 159 Å². The van der Waals surface area contributed by atoms with Crippen molar-refractivity contribution in [3.8, 4) is 35.5 Å². The lowest BCUT2D eigenvalue weighted by atomic mass is 10.2. The molecule has 0 bridgehead atoms. The third-order valence-electron chi connectivity index (χ3n) is 3.11. The van der Waals surface area contributed by atoms with Crippen molar-refractivity contribution in [1.82, 2.24) is 0 Å². The number of carboxylic acids is 1. The smallest absolute Gasteiger partial charge is 0.382 e. The highest BCUT2D eigenvalue weighted by Crippen LogP contribution is 1.96. The molecule has 0 fully saturated rings. The number of carbonyl (C=O) groups is 1. The van der Waals surface area contributed by atoms with Crippen molar-refractivity contribution in [2.45, 2.75) is 0 Å². The molecule has 0 aliphatic carbocycles. The van der Waals surface area contributed by atoms with Gasteiger partial charge >= 0.3 is 5.97 Å². The summed E-state index contributed by atoms with van der Waals surface area (Å²) in [5, 5.41) is 8.20. The minimum absolute atomic E-state index is 0.718. The summed E-state index contributed by atoms with van der Waals surface area (Å²) < 4.78 is 0. The van der Waals surface area contributed by atoms with Gasteiger partial charge in [0.05, 0.1) is 0 Å². The van der Waals surface area contributed by atoms with Crippen LogP contribution >= 0.6 is 0 Å². The number of hydrogen-bond acceptors (Lipinski definition) is 1. The van der Waals surface area contributed by atoms with Crippen LogP contribution in [0.2, 0.25) is 0 Å². The molecule has 0 heterocycles. The SMILES string of the molecule is C(C#Cc1ccccc1)#Cc1ccccc1.O=C(O)C#Cc1ccccc1. The van der Waals surface area contributed by atoms with Crippen LogP contribution < -0.4 is 0 Å². The van der Waals surface area contributed by atoms with Crippen molar-refractivity contribution in [3.63, 3.8) is 0 Å². The highest BCUT2D eigenvalue weighted by Gasteiger charge is 1.84. The maximum atomic E-state index is 10.00. The molecule has 0 amide bonds. The van der Waals surface area contributed by atoms with E-state index in [2.05, 4.69) is 29.6 Å². The van der Waals surface area contributed by atoms with Crippen LogP contribution in [0, 0.1) is 35.5 Å². The average Bonchev–Trinajstić information content (AvgIpc) is 2.72. The summed E-state index contributed by atoms with van der Waals surface area (Å²) in [4.78, 5) is 10.00. The molecule has 0 spiro atoms. The van der Waals surface area contributed by atoms with Crippen molar-refractivity contribution in [2.75, 3.05) is 0 Å². The van der Waals surface area contributed by atoms with E-state index in [0.717, 1.165) is 16.7 Å². The van der Waals surface area contributed by atoms with Gasteiger partial charge in [0.15, 0.2) is 0 Å². The van der Waals surface area contributed by atoms with Crippen molar-refractivity contribution in [3.05, 3.63) is 108 Å². The third kappa shape index (κ3) is 8.46. The summed E-state index contributed by atoms with van der Waals surface area (Å²) in [6.07, 6.45) is 0. The molecule has 3 aromatic carbocycles. The fourth-order valence-electron chi connectivity index (χ4n) is 1.90. The van der Waals surface area contributed by atoms with Crippen LogP contribution in [0.1, 0.15) is 16.7 Å². The molecule has 3 rings (SSSR count). The highest BCUT2D eigenvalue weighted by molar-refractivity contribution is 5.87. The molecule has 0 aromatic heterocycles. The van der Waals surface area contributed by atoms with Crippen LogP contribution in [0.15, 0.2) is 91.0 Å². The van der Waals surface area contributed by atoms with Crippen molar-refractivity contribution < 1.29 is 9.90 Å². The summed E-state index contributed by atoms with van der Waals surface area (Å²) >= 11 is 0. The van der Waals surface area contributed by atoms with Crippen molar-refractivity contribution >= 4 is 5.97 Å². The van der Waals surface area contributed by atoms with E-state index in [1.807, 2.05) is 84.8 Å². The molecule has 0 unspecified atom stereocenters. The normalized spacial score (nSPS) is 8.15. The summed E-state index contributed by atoms with van der Waals surface area (Å²) in [7, 11) is 0. The van der Waals surface area contributed by atoms with Crippen molar-refractivity contribution in [2.24, 2.45) is 0 Å². The van der Waals surface area contributed by atoms with E-state index in [0.29, 0.717) is 0 Å². The van der Waals surface area contributed by atoms with Gasteiger partial charge < -0.3 is 5.11 Å². The Morgan fingerprint density at radius 2 is 0.889 bits per heavy atom. The van der Waals surface area contributed by atoms with Gasteiger partial charge in [-0.05, 0) is 48.2 Å². The van der Waals surface area contributed by atoms with Gasteiger partial charge in [0.1, 0.15) is 0 Å². The number of aliphatic carboxylic acids is 1. The van der Waals surface area contributed by atoms with E-state index in [-0.39, 0.29) is 0 Å². The second-order valence-corrected chi connectivity index (χ2v) is 5.15. The highest BCUT2D eigenvalue weighted by atomic mass is 16.4. The first-order valence-electron chi connectivity index (χ1n) is 8.16. The molecule has 2 nitrogen and oxygen atoms in total. The molecule has 0 aliphatic rings. The first-order valence-corrected chi connectivity index (χ1v) is 8.16. The topological polar surface area (TPSA) is 37.3 Å². The minimum atomic E-state index is -1.10. The van der Waals surface area contributed by atoms with Crippen LogP contribution in [-0.2, 0) is 4.79 Å². The second-order valence-electron chi connectivity index (χ2n) is 5.15. The predicted molar refractivity (Wildman–Crippen MR) is 108 cm³/mol. The Morgan fingerprint density at radius 1 is 0.556 bits per heavy atom. The summed E-state index contributed by atoms with van der Waals surface area (Å²) in [6.45, 7) is 0. The number of benzene rings is 3. The van der Waals surface area contributed by atoms with E-state index < -0.39 is 5.97 Å². The van der Waals surface area contributed by atoms with Gasteiger partial charge in [-0.2, -0.15) is 0 Å². The van der Waals surface area contributed by atoms with Crippen LogP contribution in [0.5, 0.6) is 0 Å². The Morgan fingerprint density at radius 3 is 1.22 bits per heavy atom. The number of hydrogen-bond donors (Lipinski definition) is 1. The largest absolute Gasteiger partial charge is 0.472 e. The van der Waals surface area contributed by atoms with Gasteiger partial charge in [-0.15, -0.1) is 0 Å². The van der Waals surface area contributed by atoms with Gasteiger partial charge in [0.2, 0.25) is 0 Å². The average molecular weight is 348 g/mol. The number of rotatable bonds is 0. The molecule has 0 atom stereocenters. The standard InChI is InChI=1S/C16H10.C9H6O2/c1-3-9-15(10-4-1)13-7-8-14-16-11-5-2-6-12-16;10-9(11)7-6-8-4-2-1-3-5-8/h1-6,9-12H;1-5H,(H,10,11). The molecule has 0 saturated carbocycles. The molecular weight excluding hydrogens is 332 g/mol. The van der Waals surface area contributed by atoms with Gasteiger partial charge in [0.25, 0.3) is 0 Å². The van der Waals surface area contributed by atoms with E-state index >= 15 is 0 Å². The fraction of sp³-hybridized carbons (Fsp3) is 0. The zero-order valence-corrected chi connectivity index (χ0v) is 14.5. The maximum absolute atomic E-state index is 10.00. The third-order valence-corrected chi connectivity index (χ3v) is 3.11. The van der Waals surface area contributed by atoms with Gasteiger partial charge in [-0.25, -0.2) is 4.79 Å². The van der Waals surface area contributed by atoms with E-state index in [4.69, 9.17) is 5.11 Å². The lowest BCUT2D eigenvalue weighted by molar-refractivity contribution is -0.130. The molecule has 1 N–H and O–H groups in total. The van der Waals surface area contributed by atoms with Crippen LogP contribution in [0.4, 0.5) is 0 Å². The Hall–Kier alpha value is -4.19. The molecule has 27 heavy (non-hydrogen) atoms. The molecule has 3 aromatic rings. The van der Waals surface area contributed by atoms with Gasteiger partial charge in [-0.3, -0.25) is 0 Å². The second kappa shape index (κ2) is 11.4. The first-order chi connectivity index (χ1) is 13.2. The van der Waals surface area contributed by atoms with E-state index in [1.54, 1.807) is 12.1 Å². The monoisotopic (exact) mass is 348 g/mol. The Bertz CT molecular complexity index is 979. The lowest BCUT2D eigenvalue weighted by Crippen LogP contribution is -1.86. The van der Waals surface area contributed by atoms with E-state index in [1.165, 1.54) is 0 Å². The van der Waals surface area contributed by atoms with Crippen LogP contribution in [0.25, 0.3) is 0 Å². The molecule has 128 valence electrons. The molecule has 0 aliphatic heterocycles. The Kier molecular flexibility index (Phi) is 8.07. The zero-order valence-electron chi connectivity index (χ0n) is 14.5. The predicted octanol–water partition coefficient (Wildman–Crippen LogP) is 4.21. The molecule has 0 saturated heterocycles. The van der Waals surface area contributed by atoms with Gasteiger partial charge in [-0.1, -0.05) is 72.4 Å². The van der Waals surface area contributed by atoms with Gasteiger partial charge in [0, 0.05) is 22.6 Å². The molecule has 2 heteroatoms. The van der Waals surface area contributed by atoms with Crippen LogP contribution in [-0.4, -0.2) is 11.1 Å². The quantitative estimate of drug-likeness (QED) is 0.618. The Balaban J connectivity index is 0.000000208. The van der Waals surface area contributed by atoms with Crippen LogP contribution in [0.3, 0.4) is 0 Å². The summed E-state index contributed by atoms with van der Waals surface area (Å²) in [6, 6.07) is 28.7. The summed E-state index contributed by atoms with van der Waals surface area (Å²) in [5.74, 6) is 15.1. The fourth-order valence-corrected chi connectivity index (χ4v) is 1.90.